The van der Waals surface area contributed by atoms with Crippen LogP contribution in [0, 0.1) is 0 Å². The Morgan fingerprint density at radius 2 is 1.81 bits per heavy atom. The van der Waals surface area contributed by atoms with Crippen LogP contribution in [0.1, 0.15) is 5.69 Å². The van der Waals surface area contributed by atoms with Gasteiger partial charge in [-0.05, 0) is 30.3 Å². The highest BCUT2D eigenvalue weighted by Gasteiger charge is 2.33. The summed E-state index contributed by atoms with van der Waals surface area (Å²) in [4.78, 5) is 4.22. The monoisotopic (exact) mass is 289 g/mol. The Bertz CT molecular complexity index is 748. The second kappa shape index (κ2) is 5.05. The third-order valence-electron chi connectivity index (χ3n) is 2.95. The Morgan fingerprint density at radius 3 is 2.48 bits per heavy atom. The first-order valence-electron chi connectivity index (χ1n) is 6.19. The van der Waals surface area contributed by atoms with E-state index in [0.29, 0.717) is 5.69 Å². The Hall–Kier alpha value is -2.63. The van der Waals surface area contributed by atoms with Gasteiger partial charge in [-0.15, -0.1) is 0 Å². The van der Waals surface area contributed by atoms with Crippen molar-refractivity contribution >= 4 is 0 Å². The van der Waals surface area contributed by atoms with Crippen molar-refractivity contribution in [1.29, 1.82) is 0 Å². The van der Waals surface area contributed by atoms with E-state index in [4.69, 9.17) is 0 Å². The number of alkyl halides is 3. The molecule has 0 spiro atoms. The molecule has 3 rings (SSSR count). The zero-order valence-corrected chi connectivity index (χ0v) is 10.7. The molecule has 0 radical (unpaired) electrons. The zero-order chi connectivity index (χ0) is 14.9. The van der Waals surface area contributed by atoms with Crippen LogP contribution in [0.4, 0.5) is 13.2 Å². The molecule has 21 heavy (non-hydrogen) atoms. The van der Waals surface area contributed by atoms with E-state index in [-0.39, 0.29) is 0 Å². The van der Waals surface area contributed by atoms with Crippen molar-refractivity contribution in [3.8, 4) is 16.9 Å². The van der Waals surface area contributed by atoms with E-state index < -0.39 is 11.9 Å². The predicted molar refractivity (Wildman–Crippen MR) is 71.8 cm³/mol. The first kappa shape index (κ1) is 13.4. The SMILES string of the molecule is FC(F)(F)c1ccn(-c2cccc(-c3ccccn3)c2)n1. The minimum absolute atomic E-state index is 0.550. The van der Waals surface area contributed by atoms with Crippen LogP contribution in [0.25, 0.3) is 16.9 Å². The van der Waals surface area contributed by atoms with Gasteiger partial charge in [0, 0.05) is 18.0 Å². The minimum atomic E-state index is -4.44. The summed E-state index contributed by atoms with van der Waals surface area (Å²) >= 11 is 0. The summed E-state index contributed by atoms with van der Waals surface area (Å²) in [6, 6.07) is 13.5. The van der Waals surface area contributed by atoms with Gasteiger partial charge in [-0.1, -0.05) is 18.2 Å². The fourth-order valence-corrected chi connectivity index (χ4v) is 1.96. The van der Waals surface area contributed by atoms with Gasteiger partial charge in [0.1, 0.15) is 0 Å². The van der Waals surface area contributed by atoms with Crippen LogP contribution in [-0.2, 0) is 6.18 Å². The summed E-state index contributed by atoms with van der Waals surface area (Å²) in [7, 11) is 0. The van der Waals surface area contributed by atoms with Crippen molar-refractivity contribution in [2.45, 2.75) is 6.18 Å². The smallest absolute Gasteiger partial charge is 0.256 e. The van der Waals surface area contributed by atoms with Crippen LogP contribution in [0.2, 0.25) is 0 Å². The molecular formula is C15H10F3N3. The highest BCUT2D eigenvalue weighted by molar-refractivity contribution is 5.61. The lowest BCUT2D eigenvalue weighted by Gasteiger charge is -2.05. The summed E-state index contributed by atoms with van der Waals surface area (Å²) in [5.74, 6) is 0. The van der Waals surface area contributed by atoms with Gasteiger partial charge < -0.3 is 0 Å². The molecule has 0 aliphatic heterocycles. The lowest BCUT2D eigenvalue weighted by molar-refractivity contribution is -0.141. The van der Waals surface area contributed by atoms with Crippen LogP contribution < -0.4 is 0 Å². The van der Waals surface area contributed by atoms with Crippen molar-refractivity contribution in [3.63, 3.8) is 0 Å². The molecule has 0 N–H and O–H groups in total. The second-order valence-electron chi connectivity index (χ2n) is 4.41. The standard InChI is InChI=1S/C15H10F3N3/c16-15(17,18)14-7-9-21(20-14)12-5-3-4-11(10-12)13-6-1-2-8-19-13/h1-10H. The lowest BCUT2D eigenvalue weighted by Crippen LogP contribution is -2.07. The molecule has 2 heterocycles. The van der Waals surface area contributed by atoms with Crippen LogP contribution in [0.5, 0.6) is 0 Å². The second-order valence-corrected chi connectivity index (χ2v) is 4.41. The highest BCUT2D eigenvalue weighted by Crippen LogP contribution is 2.28. The van der Waals surface area contributed by atoms with E-state index in [1.165, 1.54) is 10.9 Å². The Labute approximate surface area is 118 Å². The normalized spacial score (nSPS) is 11.6. The molecule has 0 saturated carbocycles. The molecule has 0 amide bonds. The summed E-state index contributed by atoms with van der Waals surface area (Å²) in [5, 5.41) is 3.56. The van der Waals surface area contributed by atoms with E-state index in [2.05, 4.69) is 10.1 Å². The molecule has 1 aromatic carbocycles. The number of hydrogen-bond acceptors (Lipinski definition) is 2. The van der Waals surface area contributed by atoms with E-state index in [9.17, 15) is 13.2 Å². The Morgan fingerprint density at radius 1 is 0.952 bits per heavy atom. The molecular weight excluding hydrogens is 279 g/mol. The Balaban J connectivity index is 1.99. The number of aromatic nitrogens is 3. The van der Waals surface area contributed by atoms with Gasteiger partial charge in [0.25, 0.3) is 0 Å². The molecule has 0 unspecified atom stereocenters. The number of pyridine rings is 1. The van der Waals surface area contributed by atoms with Crippen LogP contribution in [-0.4, -0.2) is 14.8 Å². The van der Waals surface area contributed by atoms with Gasteiger partial charge in [0.2, 0.25) is 0 Å². The Kier molecular flexibility index (Phi) is 3.21. The fraction of sp³-hybridized carbons (Fsp3) is 0.0667. The molecule has 106 valence electrons. The van der Waals surface area contributed by atoms with Crippen LogP contribution in [0.3, 0.4) is 0 Å². The van der Waals surface area contributed by atoms with Crippen molar-refractivity contribution in [2.24, 2.45) is 0 Å². The predicted octanol–water partition coefficient (Wildman–Crippen LogP) is 3.95. The molecule has 0 atom stereocenters. The summed E-state index contributed by atoms with van der Waals surface area (Å²) in [6.07, 6.45) is -1.48. The van der Waals surface area contributed by atoms with E-state index in [0.717, 1.165) is 17.3 Å². The van der Waals surface area contributed by atoms with E-state index >= 15 is 0 Å². The van der Waals surface area contributed by atoms with Crippen molar-refractivity contribution in [2.75, 3.05) is 0 Å². The van der Waals surface area contributed by atoms with E-state index in [1.807, 2.05) is 18.2 Å². The average Bonchev–Trinajstić information content (AvgIpc) is 2.98. The number of hydrogen-bond donors (Lipinski definition) is 0. The average molecular weight is 289 g/mol. The molecule has 0 saturated heterocycles. The molecule has 0 fully saturated rings. The van der Waals surface area contributed by atoms with Crippen molar-refractivity contribution < 1.29 is 13.2 Å². The van der Waals surface area contributed by atoms with Gasteiger partial charge in [-0.25, -0.2) is 4.68 Å². The lowest BCUT2D eigenvalue weighted by atomic mass is 10.1. The summed E-state index contributed by atoms with van der Waals surface area (Å²) < 4.78 is 38.9. The largest absolute Gasteiger partial charge is 0.435 e. The van der Waals surface area contributed by atoms with Crippen LogP contribution >= 0.6 is 0 Å². The number of halogens is 3. The molecule has 6 heteroatoms. The first-order chi connectivity index (χ1) is 10.0. The number of rotatable bonds is 2. The third kappa shape index (κ3) is 2.79. The molecule has 0 aliphatic rings. The van der Waals surface area contributed by atoms with Gasteiger partial charge >= 0.3 is 6.18 Å². The molecule has 3 nitrogen and oxygen atoms in total. The van der Waals surface area contributed by atoms with Crippen molar-refractivity contribution in [1.82, 2.24) is 14.8 Å². The molecule has 3 aromatic rings. The maximum Gasteiger partial charge on any atom is 0.435 e. The first-order valence-corrected chi connectivity index (χ1v) is 6.19. The van der Waals surface area contributed by atoms with Gasteiger partial charge in [-0.3, -0.25) is 4.98 Å². The van der Waals surface area contributed by atoms with Crippen molar-refractivity contribution in [3.05, 3.63) is 66.6 Å². The molecule has 2 aromatic heterocycles. The molecule has 0 aliphatic carbocycles. The number of benzene rings is 1. The maximum atomic E-state index is 12.6. The third-order valence-corrected chi connectivity index (χ3v) is 2.95. The quantitative estimate of drug-likeness (QED) is 0.715. The summed E-state index contributed by atoms with van der Waals surface area (Å²) in [6.45, 7) is 0. The maximum absolute atomic E-state index is 12.6. The van der Waals surface area contributed by atoms with E-state index in [1.54, 1.807) is 30.5 Å². The fourth-order valence-electron chi connectivity index (χ4n) is 1.96. The number of nitrogens with zero attached hydrogens (tertiary/aromatic N) is 3. The van der Waals surface area contributed by atoms with Gasteiger partial charge in [0.15, 0.2) is 5.69 Å². The molecule has 0 bridgehead atoms. The highest BCUT2D eigenvalue weighted by atomic mass is 19.4. The van der Waals surface area contributed by atoms with Gasteiger partial charge in [-0.2, -0.15) is 18.3 Å². The van der Waals surface area contributed by atoms with Crippen LogP contribution in [0.15, 0.2) is 60.9 Å². The summed E-state index contributed by atoms with van der Waals surface area (Å²) in [5.41, 5.74) is 1.21. The zero-order valence-electron chi connectivity index (χ0n) is 10.7. The topological polar surface area (TPSA) is 30.7 Å². The van der Waals surface area contributed by atoms with Gasteiger partial charge in [0.05, 0.1) is 11.4 Å². The minimum Gasteiger partial charge on any atom is -0.256 e.